The minimum Gasteiger partial charge on any atom is -0.207 e. The number of rotatable bonds is 4. The third-order valence-corrected chi connectivity index (χ3v) is 5.33. The molecule has 2 aromatic carbocycles. The zero-order chi connectivity index (χ0) is 15.6. The van der Waals surface area contributed by atoms with E-state index in [0.717, 1.165) is 11.1 Å². The summed E-state index contributed by atoms with van der Waals surface area (Å²) in [6, 6.07) is 10.3. The van der Waals surface area contributed by atoms with Crippen molar-refractivity contribution in [2.75, 3.05) is 0 Å². The Morgan fingerprint density at radius 3 is 2.24 bits per heavy atom. The van der Waals surface area contributed by atoms with Gasteiger partial charge in [-0.05, 0) is 54.8 Å². The van der Waals surface area contributed by atoms with E-state index in [1.165, 1.54) is 0 Å². The van der Waals surface area contributed by atoms with Gasteiger partial charge in [-0.1, -0.05) is 35.3 Å². The van der Waals surface area contributed by atoms with Crippen LogP contribution in [0.15, 0.2) is 41.3 Å². The standard InChI is InChI=1S/C15H15Cl2NO2S/c1-10-8-15(11(2)7-14(10)17)21(19,20)18-9-12-3-5-13(16)6-4-12/h3-8,18H,9H2,1-2H3. The van der Waals surface area contributed by atoms with Crippen molar-refractivity contribution in [3.8, 4) is 0 Å². The van der Waals surface area contributed by atoms with E-state index in [1.54, 1.807) is 50.2 Å². The van der Waals surface area contributed by atoms with Gasteiger partial charge in [-0.15, -0.1) is 0 Å². The van der Waals surface area contributed by atoms with Crippen molar-refractivity contribution < 1.29 is 8.42 Å². The van der Waals surface area contributed by atoms with Gasteiger partial charge in [-0.3, -0.25) is 0 Å². The van der Waals surface area contributed by atoms with Gasteiger partial charge in [0.15, 0.2) is 0 Å². The lowest BCUT2D eigenvalue weighted by atomic mass is 10.2. The number of nitrogens with one attached hydrogen (secondary N) is 1. The van der Waals surface area contributed by atoms with Crippen LogP contribution in [0.25, 0.3) is 0 Å². The van der Waals surface area contributed by atoms with Gasteiger partial charge in [-0.25, -0.2) is 13.1 Å². The molecular weight excluding hydrogens is 329 g/mol. The molecule has 112 valence electrons. The van der Waals surface area contributed by atoms with E-state index < -0.39 is 10.0 Å². The quantitative estimate of drug-likeness (QED) is 0.908. The smallest absolute Gasteiger partial charge is 0.207 e. The molecule has 0 radical (unpaired) electrons. The third kappa shape index (κ3) is 3.98. The molecular formula is C15H15Cl2NO2S. The second-order valence-electron chi connectivity index (χ2n) is 4.82. The summed E-state index contributed by atoms with van der Waals surface area (Å²) in [5.41, 5.74) is 2.19. The first-order valence-corrected chi connectivity index (χ1v) is 8.54. The number of halogens is 2. The van der Waals surface area contributed by atoms with Crippen molar-refractivity contribution in [3.05, 3.63) is 63.1 Å². The summed E-state index contributed by atoms with van der Waals surface area (Å²) in [5.74, 6) is 0. The number of benzene rings is 2. The maximum Gasteiger partial charge on any atom is 0.241 e. The van der Waals surface area contributed by atoms with Crippen LogP contribution in [0, 0.1) is 13.8 Å². The van der Waals surface area contributed by atoms with E-state index in [-0.39, 0.29) is 11.4 Å². The van der Waals surface area contributed by atoms with E-state index in [2.05, 4.69) is 4.72 Å². The largest absolute Gasteiger partial charge is 0.241 e. The van der Waals surface area contributed by atoms with Crippen molar-refractivity contribution in [3.63, 3.8) is 0 Å². The topological polar surface area (TPSA) is 46.2 Å². The summed E-state index contributed by atoms with van der Waals surface area (Å²) in [6.45, 7) is 3.71. The molecule has 2 aromatic rings. The van der Waals surface area contributed by atoms with Gasteiger partial charge in [0.2, 0.25) is 10.0 Å². The minimum atomic E-state index is -3.58. The highest BCUT2D eigenvalue weighted by atomic mass is 35.5. The van der Waals surface area contributed by atoms with Crippen LogP contribution in [0.4, 0.5) is 0 Å². The van der Waals surface area contributed by atoms with Crippen LogP contribution in [0.1, 0.15) is 16.7 Å². The van der Waals surface area contributed by atoms with Gasteiger partial charge in [0.25, 0.3) is 0 Å². The fourth-order valence-electron chi connectivity index (χ4n) is 1.90. The molecule has 0 aromatic heterocycles. The highest BCUT2D eigenvalue weighted by Crippen LogP contribution is 2.24. The normalized spacial score (nSPS) is 11.6. The van der Waals surface area contributed by atoms with Crippen molar-refractivity contribution >= 4 is 33.2 Å². The molecule has 0 heterocycles. The molecule has 6 heteroatoms. The van der Waals surface area contributed by atoms with Crippen LogP contribution in [-0.4, -0.2) is 8.42 Å². The summed E-state index contributed by atoms with van der Waals surface area (Å²) in [5, 5.41) is 1.18. The van der Waals surface area contributed by atoms with Crippen LogP contribution in [0.5, 0.6) is 0 Å². The Kier molecular flexibility index (Phi) is 4.94. The van der Waals surface area contributed by atoms with Gasteiger partial charge in [-0.2, -0.15) is 0 Å². The van der Waals surface area contributed by atoms with Crippen molar-refractivity contribution in [2.24, 2.45) is 0 Å². The van der Waals surface area contributed by atoms with Crippen LogP contribution < -0.4 is 4.72 Å². The first-order chi connectivity index (χ1) is 9.79. The Hall–Kier alpha value is -1.07. The summed E-state index contributed by atoms with van der Waals surface area (Å²) >= 11 is 11.8. The van der Waals surface area contributed by atoms with Gasteiger partial charge in [0.1, 0.15) is 0 Å². The molecule has 0 atom stereocenters. The van der Waals surface area contributed by atoms with Gasteiger partial charge in [0.05, 0.1) is 4.90 Å². The summed E-state index contributed by atoms with van der Waals surface area (Å²) in [4.78, 5) is 0.248. The van der Waals surface area contributed by atoms with Gasteiger partial charge >= 0.3 is 0 Å². The average molecular weight is 344 g/mol. The minimum absolute atomic E-state index is 0.209. The first-order valence-electron chi connectivity index (χ1n) is 6.30. The molecule has 0 fully saturated rings. The molecule has 0 unspecified atom stereocenters. The number of hydrogen-bond donors (Lipinski definition) is 1. The van der Waals surface area contributed by atoms with Crippen molar-refractivity contribution in [2.45, 2.75) is 25.3 Å². The highest BCUT2D eigenvalue weighted by Gasteiger charge is 2.17. The zero-order valence-electron chi connectivity index (χ0n) is 11.7. The highest BCUT2D eigenvalue weighted by molar-refractivity contribution is 7.89. The summed E-state index contributed by atoms with van der Waals surface area (Å²) in [6.07, 6.45) is 0. The predicted molar refractivity (Wildman–Crippen MR) is 86.4 cm³/mol. The molecule has 2 rings (SSSR count). The molecule has 0 spiro atoms. The fourth-order valence-corrected chi connectivity index (χ4v) is 3.57. The van der Waals surface area contributed by atoms with Gasteiger partial charge in [0, 0.05) is 16.6 Å². The van der Waals surface area contributed by atoms with Crippen LogP contribution in [-0.2, 0) is 16.6 Å². The Labute approximate surface area is 135 Å². The third-order valence-electron chi connectivity index (χ3n) is 3.13. The van der Waals surface area contributed by atoms with Crippen molar-refractivity contribution in [1.29, 1.82) is 0 Å². The van der Waals surface area contributed by atoms with Gasteiger partial charge < -0.3 is 0 Å². The zero-order valence-corrected chi connectivity index (χ0v) is 14.0. The Balaban J connectivity index is 2.22. The first kappa shape index (κ1) is 16.3. The Morgan fingerprint density at radius 2 is 1.62 bits per heavy atom. The SMILES string of the molecule is Cc1cc(S(=O)(=O)NCc2ccc(Cl)cc2)c(C)cc1Cl. The van der Waals surface area contributed by atoms with Crippen LogP contribution >= 0.6 is 23.2 Å². The molecule has 1 N–H and O–H groups in total. The molecule has 0 saturated heterocycles. The monoisotopic (exact) mass is 343 g/mol. The predicted octanol–water partition coefficient (Wildman–Crippen LogP) is 4.09. The second-order valence-corrected chi connectivity index (χ2v) is 7.40. The van der Waals surface area contributed by atoms with E-state index in [4.69, 9.17) is 23.2 Å². The molecule has 0 bridgehead atoms. The lowest BCUT2D eigenvalue weighted by Gasteiger charge is -2.11. The van der Waals surface area contributed by atoms with E-state index in [0.29, 0.717) is 15.6 Å². The lowest BCUT2D eigenvalue weighted by Crippen LogP contribution is -2.24. The van der Waals surface area contributed by atoms with E-state index in [1.807, 2.05) is 0 Å². The molecule has 0 aliphatic heterocycles. The maximum absolute atomic E-state index is 12.4. The number of hydrogen-bond acceptors (Lipinski definition) is 2. The van der Waals surface area contributed by atoms with E-state index in [9.17, 15) is 8.42 Å². The Bertz CT molecular complexity index is 756. The van der Waals surface area contributed by atoms with Crippen LogP contribution in [0.3, 0.4) is 0 Å². The van der Waals surface area contributed by atoms with Crippen molar-refractivity contribution in [1.82, 2.24) is 4.72 Å². The number of aryl methyl sites for hydroxylation is 2. The second kappa shape index (κ2) is 6.36. The fraction of sp³-hybridized carbons (Fsp3) is 0.200. The maximum atomic E-state index is 12.4. The number of sulfonamides is 1. The summed E-state index contributed by atoms with van der Waals surface area (Å²) in [7, 11) is -3.58. The lowest BCUT2D eigenvalue weighted by molar-refractivity contribution is 0.580. The molecule has 0 saturated carbocycles. The van der Waals surface area contributed by atoms with Crippen LogP contribution in [0.2, 0.25) is 10.0 Å². The molecule has 0 amide bonds. The molecule has 3 nitrogen and oxygen atoms in total. The average Bonchev–Trinajstić information content (AvgIpc) is 2.42. The Morgan fingerprint density at radius 1 is 1.00 bits per heavy atom. The molecule has 21 heavy (non-hydrogen) atoms. The molecule has 0 aliphatic rings. The molecule has 0 aliphatic carbocycles. The summed E-state index contributed by atoms with van der Waals surface area (Å²) < 4.78 is 27.3. The van der Waals surface area contributed by atoms with E-state index >= 15 is 0 Å².